The molecule has 0 aliphatic carbocycles. The zero-order valence-corrected chi connectivity index (χ0v) is 12.3. The number of hydrogen-bond acceptors (Lipinski definition) is 5. The molecular formula is C12H16N4O3S. The van der Waals surface area contributed by atoms with E-state index in [0.717, 1.165) is 0 Å². The van der Waals surface area contributed by atoms with Crippen LogP contribution in [0.1, 0.15) is 19.7 Å². The number of benzene rings is 1. The van der Waals surface area contributed by atoms with E-state index in [9.17, 15) is 8.42 Å². The molecule has 0 radical (unpaired) electrons. The Bertz CT molecular complexity index is 708. The lowest BCUT2D eigenvalue weighted by atomic mass is 10.1. The van der Waals surface area contributed by atoms with Crippen molar-refractivity contribution in [3.63, 3.8) is 0 Å². The summed E-state index contributed by atoms with van der Waals surface area (Å²) in [7, 11) is -2.48. The van der Waals surface area contributed by atoms with Crippen molar-refractivity contribution in [2.75, 3.05) is 7.11 Å². The van der Waals surface area contributed by atoms with E-state index in [4.69, 9.17) is 9.88 Å². The highest BCUT2D eigenvalue weighted by atomic mass is 32.2. The van der Waals surface area contributed by atoms with E-state index in [1.54, 1.807) is 38.1 Å². The Hall–Kier alpha value is -1.77. The lowest BCUT2D eigenvalue weighted by molar-refractivity contribution is 0.00969. The number of sulfonamides is 1. The number of nitrogens with two attached hydrogens (primary N) is 1. The normalized spacial score (nSPS) is 12.6. The Morgan fingerprint density at radius 1 is 1.20 bits per heavy atom. The minimum atomic E-state index is -4.00. The summed E-state index contributed by atoms with van der Waals surface area (Å²) in [5.41, 5.74) is -0.215. The Morgan fingerprint density at radius 3 is 2.30 bits per heavy atom. The van der Waals surface area contributed by atoms with Gasteiger partial charge in [-0.2, -0.15) is 0 Å². The van der Waals surface area contributed by atoms with Gasteiger partial charge in [-0.25, -0.2) is 13.6 Å². The summed E-state index contributed by atoms with van der Waals surface area (Å²) in [6.07, 6.45) is 0. The number of aromatic nitrogens is 3. The van der Waals surface area contributed by atoms with Crippen LogP contribution in [0.4, 0.5) is 0 Å². The quantitative estimate of drug-likeness (QED) is 0.899. The van der Waals surface area contributed by atoms with Crippen LogP contribution in [-0.2, 0) is 20.4 Å². The second-order valence-electron chi connectivity index (χ2n) is 4.74. The van der Waals surface area contributed by atoms with Crippen molar-refractivity contribution in [3.8, 4) is 5.69 Å². The van der Waals surface area contributed by atoms with Crippen LogP contribution in [0.3, 0.4) is 0 Å². The second-order valence-corrected chi connectivity index (χ2v) is 6.19. The average molecular weight is 296 g/mol. The first-order valence-corrected chi connectivity index (χ1v) is 7.41. The highest BCUT2D eigenvalue weighted by Crippen LogP contribution is 2.26. The fourth-order valence-electron chi connectivity index (χ4n) is 1.75. The molecule has 0 bridgehead atoms. The Balaban J connectivity index is 2.77. The van der Waals surface area contributed by atoms with Crippen LogP contribution < -0.4 is 5.14 Å². The van der Waals surface area contributed by atoms with Crippen molar-refractivity contribution in [1.82, 2.24) is 14.8 Å². The summed E-state index contributed by atoms with van der Waals surface area (Å²) >= 11 is 0. The highest BCUT2D eigenvalue weighted by Gasteiger charge is 2.32. The molecule has 1 aromatic heterocycles. The Kier molecular flexibility index (Phi) is 3.63. The smallest absolute Gasteiger partial charge is 0.274 e. The number of rotatable bonds is 4. The van der Waals surface area contributed by atoms with E-state index in [1.165, 1.54) is 11.7 Å². The molecule has 0 aliphatic rings. The fraction of sp³-hybridized carbons (Fsp3) is 0.333. The molecule has 0 amide bonds. The maximum atomic E-state index is 11.7. The van der Waals surface area contributed by atoms with Crippen molar-refractivity contribution < 1.29 is 13.2 Å². The number of ether oxygens (including phenoxy) is 1. The molecule has 0 atom stereocenters. The molecule has 0 saturated heterocycles. The van der Waals surface area contributed by atoms with Gasteiger partial charge in [0, 0.05) is 12.8 Å². The van der Waals surface area contributed by atoms with E-state index >= 15 is 0 Å². The summed E-state index contributed by atoms with van der Waals surface area (Å²) in [5, 5.41) is 12.5. The zero-order valence-electron chi connectivity index (χ0n) is 11.4. The standard InChI is InChI=1S/C12H16N4O3S/c1-12(2,19-3)10-14-15-11(20(13,17)18)16(10)9-7-5-4-6-8-9/h4-8H,1-3H3,(H2,13,17,18). The maximum absolute atomic E-state index is 11.7. The highest BCUT2D eigenvalue weighted by molar-refractivity contribution is 7.89. The van der Waals surface area contributed by atoms with Gasteiger partial charge >= 0.3 is 0 Å². The summed E-state index contributed by atoms with van der Waals surface area (Å²) < 4.78 is 30.1. The van der Waals surface area contributed by atoms with E-state index in [1.807, 2.05) is 6.07 Å². The van der Waals surface area contributed by atoms with Crippen LogP contribution in [-0.4, -0.2) is 30.3 Å². The maximum Gasteiger partial charge on any atom is 0.274 e. The third-order valence-electron chi connectivity index (χ3n) is 2.95. The molecule has 20 heavy (non-hydrogen) atoms. The molecule has 2 N–H and O–H groups in total. The second kappa shape index (κ2) is 4.97. The van der Waals surface area contributed by atoms with E-state index in [0.29, 0.717) is 11.5 Å². The minimum absolute atomic E-state index is 0.316. The van der Waals surface area contributed by atoms with Crippen LogP contribution in [0.5, 0.6) is 0 Å². The van der Waals surface area contributed by atoms with E-state index < -0.39 is 15.6 Å². The molecule has 7 nitrogen and oxygen atoms in total. The van der Waals surface area contributed by atoms with Gasteiger partial charge in [-0.15, -0.1) is 10.2 Å². The third kappa shape index (κ3) is 2.58. The lowest BCUT2D eigenvalue weighted by Gasteiger charge is -2.23. The zero-order chi connectivity index (χ0) is 15.0. The van der Waals surface area contributed by atoms with Gasteiger partial charge in [0.2, 0.25) is 0 Å². The van der Waals surface area contributed by atoms with Crippen molar-refractivity contribution >= 4 is 10.0 Å². The van der Waals surface area contributed by atoms with Crippen molar-refractivity contribution in [2.45, 2.75) is 24.6 Å². The molecule has 8 heteroatoms. The van der Waals surface area contributed by atoms with Gasteiger partial charge in [0.15, 0.2) is 5.82 Å². The van der Waals surface area contributed by atoms with Gasteiger partial charge in [0.1, 0.15) is 5.60 Å². The molecule has 0 aliphatic heterocycles. The molecule has 2 aromatic rings. The average Bonchev–Trinajstić information content (AvgIpc) is 2.85. The monoisotopic (exact) mass is 296 g/mol. The van der Waals surface area contributed by atoms with Crippen molar-refractivity contribution in [1.29, 1.82) is 0 Å². The van der Waals surface area contributed by atoms with Gasteiger partial charge in [-0.1, -0.05) is 18.2 Å². The first-order chi connectivity index (χ1) is 9.27. The summed E-state index contributed by atoms with van der Waals surface area (Å²) in [6.45, 7) is 3.53. The van der Waals surface area contributed by atoms with Gasteiger partial charge in [-0.3, -0.25) is 4.57 Å². The van der Waals surface area contributed by atoms with Gasteiger partial charge < -0.3 is 4.74 Å². The third-order valence-corrected chi connectivity index (χ3v) is 3.72. The van der Waals surface area contributed by atoms with Crippen LogP contribution in [0.25, 0.3) is 5.69 Å². The molecule has 0 spiro atoms. The Labute approximate surface area is 117 Å². The van der Waals surface area contributed by atoms with Gasteiger partial charge in [0.25, 0.3) is 15.2 Å². The number of para-hydroxylation sites is 1. The predicted octanol–water partition coefficient (Wildman–Crippen LogP) is 0.796. The topological polar surface area (TPSA) is 100 Å². The molecule has 1 heterocycles. The summed E-state index contributed by atoms with van der Waals surface area (Å²) in [6, 6.07) is 8.88. The number of primary sulfonamides is 1. The minimum Gasteiger partial charge on any atom is -0.371 e. The Morgan fingerprint density at radius 2 is 1.80 bits per heavy atom. The van der Waals surface area contributed by atoms with Crippen molar-refractivity contribution in [2.24, 2.45) is 5.14 Å². The number of methoxy groups -OCH3 is 1. The molecule has 0 unspecified atom stereocenters. The summed E-state index contributed by atoms with van der Waals surface area (Å²) in [4.78, 5) is 0. The first-order valence-electron chi connectivity index (χ1n) is 5.86. The van der Waals surface area contributed by atoms with Gasteiger partial charge in [0.05, 0.1) is 0 Å². The number of hydrogen-bond donors (Lipinski definition) is 1. The van der Waals surface area contributed by atoms with E-state index in [-0.39, 0.29) is 5.16 Å². The first kappa shape index (κ1) is 14.6. The molecule has 0 saturated carbocycles. The predicted molar refractivity (Wildman–Crippen MR) is 72.8 cm³/mol. The SMILES string of the molecule is COC(C)(C)c1nnc(S(N)(=O)=O)n1-c1ccccc1. The van der Waals surface area contributed by atoms with Crippen LogP contribution >= 0.6 is 0 Å². The molecule has 2 rings (SSSR count). The van der Waals surface area contributed by atoms with Crippen LogP contribution in [0, 0.1) is 0 Å². The van der Waals surface area contributed by atoms with E-state index in [2.05, 4.69) is 10.2 Å². The van der Waals surface area contributed by atoms with Crippen LogP contribution in [0.2, 0.25) is 0 Å². The molecule has 108 valence electrons. The largest absolute Gasteiger partial charge is 0.371 e. The molecular weight excluding hydrogens is 280 g/mol. The molecule has 1 aromatic carbocycles. The van der Waals surface area contributed by atoms with Crippen molar-refractivity contribution in [3.05, 3.63) is 36.2 Å². The van der Waals surface area contributed by atoms with Gasteiger partial charge in [-0.05, 0) is 26.0 Å². The number of nitrogens with zero attached hydrogens (tertiary/aromatic N) is 3. The molecule has 0 fully saturated rings. The summed E-state index contributed by atoms with van der Waals surface area (Å²) in [5.74, 6) is 0.357. The van der Waals surface area contributed by atoms with Crippen LogP contribution in [0.15, 0.2) is 35.5 Å². The lowest BCUT2D eigenvalue weighted by Crippen LogP contribution is -2.26. The fourth-order valence-corrected chi connectivity index (χ4v) is 2.35.